The summed E-state index contributed by atoms with van der Waals surface area (Å²) in [5.74, 6) is -2.43. The number of alkyl halides is 2. The van der Waals surface area contributed by atoms with Crippen LogP contribution in [0.1, 0.15) is 25.8 Å². The minimum absolute atomic E-state index is 0.116. The van der Waals surface area contributed by atoms with Gasteiger partial charge >= 0.3 is 0 Å². The molecule has 150 valence electrons. The molecule has 0 radical (unpaired) electrons. The van der Waals surface area contributed by atoms with E-state index in [0.717, 1.165) is 10.9 Å². The van der Waals surface area contributed by atoms with Crippen molar-refractivity contribution in [2.24, 2.45) is 13.0 Å². The molecule has 2 N–H and O–H groups in total. The molecule has 1 aliphatic rings. The van der Waals surface area contributed by atoms with E-state index in [9.17, 15) is 13.9 Å². The lowest BCUT2D eigenvalue weighted by Gasteiger charge is -2.17. The fourth-order valence-electron chi connectivity index (χ4n) is 3.30. The fourth-order valence-corrected chi connectivity index (χ4v) is 3.30. The van der Waals surface area contributed by atoms with E-state index in [2.05, 4.69) is 15.5 Å². The number of hydrogen-bond donors (Lipinski definition) is 2. The first kappa shape index (κ1) is 18.7. The highest BCUT2D eigenvalue weighted by Gasteiger charge is 2.57. The van der Waals surface area contributed by atoms with Crippen molar-refractivity contribution in [1.82, 2.24) is 19.6 Å². The Morgan fingerprint density at radius 3 is 2.68 bits per heavy atom. The first-order valence-corrected chi connectivity index (χ1v) is 9.04. The van der Waals surface area contributed by atoms with E-state index in [1.807, 2.05) is 12.1 Å². The summed E-state index contributed by atoms with van der Waals surface area (Å²) in [5.41, 5.74) is 1.00. The molecule has 2 heterocycles. The van der Waals surface area contributed by atoms with E-state index in [0.29, 0.717) is 22.9 Å². The largest absolute Gasteiger partial charge is 0.478 e. The summed E-state index contributed by atoms with van der Waals surface area (Å²) < 4.78 is 35.4. The van der Waals surface area contributed by atoms with Gasteiger partial charge in [0.15, 0.2) is 5.82 Å². The lowest BCUT2D eigenvalue weighted by Crippen LogP contribution is -2.15. The zero-order chi connectivity index (χ0) is 20.3. The Labute approximate surface area is 160 Å². The highest BCUT2D eigenvalue weighted by molar-refractivity contribution is 5.93. The Kier molecular flexibility index (Phi) is 4.11. The number of fused-ring (bicyclic) bond motifs is 1. The van der Waals surface area contributed by atoms with E-state index in [4.69, 9.17) is 4.74 Å². The minimum Gasteiger partial charge on any atom is -0.478 e. The molecule has 1 fully saturated rings. The standard InChI is InChI=1S/C19H23F2N5O2/c1-18(2,27)11-5-6-15-13(7-11)16(22-14-10-25(3)24-17(14)28-4)23-26(15)9-12-8-19(12,20)21/h5-7,10,12,27H,8-9H2,1-4H3,(H,22,23). The minimum atomic E-state index is -2.62. The maximum Gasteiger partial charge on any atom is 0.256 e. The third-order valence-corrected chi connectivity index (χ3v) is 5.05. The summed E-state index contributed by atoms with van der Waals surface area (Å²) in [4.78, 5) is 0. The van der Waals surface area contributed by atoms with Crippen LogP contribution in [0.15, 0.2) is 24.4 Å². The summed E-state index contributed by atoms with van der Waals surface area (Å²) >= 11 is 0. The molecule has 0 spiro atoms. The lowest BCUT2D eigenvalue weighted by atomic mass is 9.97. The molecule has 1 aromatic carbocycles. The van der Waals surface area contributed by atoms with Gasteiger partial charge in [-0.15, -0.1) is 5.10 Å². The molecule has 0 aliphatic heterocycles. The molecule has 1 aliphatic carbocycles. The SMILES string of the molecule is COc1nn(C)cc1Nc1nn(CC2CC2(F)F)c2ccc(C(C)(C)O)cc12. The number of halogens is 2. The quantitative estimate of drug-likeness (QED) is 0.673. The van der Waals surface area contributed by atoms with E-state index < -0.39 is 17.4 Å². The highest BCUT2D eigenvalue weighted by atomic mass is 19.3. The van der Waals surface area contributed by atoms with Crippen molar-refractivity contribution in [1.29, 1.82) is 0 Å². The van der Waals surface area contributed by atoms with Crippen LogP contribution in [-0.2, 0) is 19.2 Å². The van der Waals surface area contributed by atoms with Gasteiger partial charge in [0.05, 0.1) is 31.0 Å². The molecule has 2 aromatic heterocycles. The van der Waals surface area contributed by atoms with Crippen LogP contribution in [0.3, 0.4) is 0 Å². The molecule has 1 atom stereocenters. The zero-order valence-corrected chi connectivity index (χ0v) is 16.2. The zero-order valence-electron chi connectivity index (χ0n) is 16.2. The van der Waals surface area contributed by atoms with Crippen molar-refractivity contribution in [3.8, 4) is 5.88 Å². The average Bonchev–Trinajstić information content (AvgIpc) is 2.91. The Balaban J connectivity index is 1.78. The molecule has 0 saturated heterocycles. The maximum atomic E-state index is 13.4. The summed E-state index contributed by atoms with van der Waals surface area (Å²) in [6, 6.07) is 5.43. The molecular formula is C19H23F2N5O2. The second-order valence-corrected chi connectivity index (χ2v) is 7.83. The van der Waals surface area contributed by atoms with Crippen LogP contribution in [0.5, 0.6) is 5.88 Å². The number of anilines is 2. The number of methoxy groups -OCH3 is 1. The van der Waals surface area contributed by atoms with Gasteiger partial charge < -0.3 is 15.2 Å². The van der Waals surface area contributed by atoms with Crippen molar-refractivity contribution < 1.29 is 18.6 Å². The Morgan fingerprint density at radius 1 is 1.36 bits per heavy atom. The van der Waals surface area contributed by atoms with Crippen molar-refractivity contribution in [2.45, 2.75) is 38.3 Å². The summed E-state index contributed by atoms with van der Waals surface area (Å²) in [7, 11) is 3.29. The lowest BCUT2D eigenvalue weighted by molar-refractivity contribution is 0.0787. The van der Waals surface area contributed by atoms with Gasteiger partial charge in [-0.1, -0.05) is 6.07 Å². The van der Waals surface area contributed by atoms with Crippen molar-refractivity contribution >= 4 is 22.4 Å². The molecule has 4 rings (SSSR count). The van der Waals surface area contributed by atoms with Gasteiger partial charge in [0, 0.05) is 24.8 Å². The molecule has 9 heteroatoms. The van der Waals surface area contributed by atoms with Crippen LogP contribution in [0.25, 0.3) is 10.9 Å². The highest BCUT2D eigenvalue weighted by Crippen LogP contribution is 2.50. The smallest absolute Gasteiger partial charge is 0.256 e. The van der Waals surface area contributed by atoms with Crippen LogP contribution >= 0.6 is 0 Å². The second kappa shape index (κ2) is 6.16. The Morgan fingerprint density at radius 2 is 2.07 bits per heavy atom. The molecule has 7 nitrogen and oxygen atoms in total. The molecule has 28 heavy (non-hydrogen) atoms. The van der Waals surface area contributed by atoms with Crippen LogP contribution in [0.4, 0.5) is 20.3 Å². The number of nitrogens with zero attached hydrogens (tertiary/aromatic N) is 4. The van der Waals surface area contributed by atoms with E-state index >= 15 is 0 Å². The number of aryl methyl sites for hydroxylation is 1. The number of hydrogen-bond acceptors (Lipinski definition) is 5. The third-order valence-electron chi connectivity index (χ3n) is 5.05. The number of benzene rings is 1. The predicted molar refractivity (Wildman–Crippen MR) is 101 cm³/mol. The Hall–Kier alpha value is -2.68. The van der Waals surface area contributed by atoms with Gasteiger partial charge in [0.1, 0.15) is 5.69 Å². The first-order chi connectivity index (χ1) is 13.1. The molecular weight excluding hydrogens is 368 g/mol. The van der Waals surface area contributed by atoms with Crippen LogP contribution in [0, 0.1) is 5.92 Å². The van der Waals surface area contributed by atoms with E-state index in [1.165, 1.54) is 7.11 Å². The first-order valence-electron chi connectivity index (χ1n) is 9.04. The average molecular weight is 391 g/mol. The maximum absolute atomic E-state index is 13.4. The number of nitrogens with one attached hydrogen (secondary N) is 1. The molecule has 1 unspecified atom stereocenters. The monoisotopic (exact) mass is 391 g/mol. The van der Waals surface area contributed by atoms with Crippen molar-refractivity contribution in [2.75, 3.05) is 12.4 Å². The Bertz CT molecular complexity index is 1040. The number of aromatic nitrogens is 4. The molecule has 1 saturated carbocycles. The number of ether oxygens (including phenoxy) is 1. The van der Waals surface area contributed by atoms with Crippen LogP contribution in [0.2, 0.25) is 0 Å². The van der Waals surface area contributed by atoms with E-state index in [1.54, 1.807) is 42.5 Å². The molecule has 3 aromatic rings. The van der Waals surface area contributed by atoms with E-state index in [-0.39, 0.29) is 13.0 Å². The van der Waals surface area contributed by atoms with Gasteiger partial charge in [-0.05, 0) is 31.5 Å². The summed E-state index contributed by atoms with van der Waals surface area (Å²) in [6.07, 6.45) is 1.63. The van der Waals surface area contributed by atoms with Gasteiger partial charge in [0.2, 0.25) is 0 Å². The molecule has 0 bridgehead atoms. The number of rotatable bonds is 6. The predicted octanol–water partition coefficient (Wildman–Crippen LogP) is 3.40. The second-order valence-electron chi connectivity index (χ2n) is 7.83. The van der Waals surface area contributed by atoms with Gasteiger partial charge in [-0.25, -0.2) is 8.78 Å². The van der Waals surface area contributed by atoms with Crippen molar-refractivity contribution in [3.05, 3.63) is 30.0 Å². The van der Waals surface area contributed by atoms with Crippen LogP contribution < -0.4 is 10.1 Å². The summed E-state index contributed by atoms with van der Waals surface area (Å²) in [5, 5.41) is 23.0. The molecule has 0 amide bonds. The van der Waals surface area contributed by atoms with Gasteiger partial charge in [0.25, 0.3) is 11.8 Å². The van der Waals surface area contributed by atoms with Gasteiger partial charge in [-0.2, -0.15) is 5.10 Å². The topological polar surface area (TPSA) is 77.1 Å². The van der Waals surface area contributed by atoms with Gasteiger partial charge in [-0.3, -0.25) is 9.36 Å². The third kappa shape index (κ3) is 3.30. The summed E-state index contributed by atoms with van der Waals surface area (Å²) in [6.45, 7) is 3.53. The fraction of sp³-hybridized carbons (Fsp3) is 0.474. The van der Waals surface area contributed by atoms with Crippen LogP contribution in [-0.4, -0.2) is 37.7 Å². The number of aliphatic hydroxyl groups is 1. The normalized spacial score (nSPS) is 18.5. The van der Waals surface area contributed by atoms with Crippen molar-refractivity contribution in [3.63, 3.8) is 0 Å².